The van der Waals surface area contributed by atoms with Gasteiger partial charge in [-0.3, -0.25) is 14.4 Å². The number of amides is 1. The predicted molar refractivity (Wildman–Crippen MR) is 113 cm³/mol. The van der Waals surface area contributed by atoms with Gasteiger partial charge in [-0.25, -0.2) is 9.78 Å². The third-order valence-corrected chi connectivity index (χ3v) is 4.37. The number of aromatic amines is 1. The van der Waals surface area contributed by atoms with Gasteiger partial charge in [0.15, 0.2) is 0 Å². The van der Waals surface area contributed by atoms with E-state index in [1.165, 1.54) is 12.1 Å². The van der Waals surface area contributed by atoms with Crippen LogP contribution in [0.25, 0.3) is 22.5 Å². The maximum Gasteiger partial charge on any atom is 0.267 e. The van der Waals surface area contributed by atoms with Crippen LogP contribution in [0, 0.1) is 0 Å². The number of anilines is 1. The van der Waals surface area contributed by atoms with Crippen LogP contribution in [0.4, 0.5) is 5.69 Å². The molecule has 0 unspecified atom stereocenters. The molecule has 0 atom stereocenters. The molecule has 0 radical (unpaired) electrons. The molecule has 4 aromatic rings. The van der Waals surface area contributed by atoms with Crippen LogP contribution in [-0.4, -0.2) is 25.9 Å². The number of carbonyl (C=O) groups excluding carboxylic acids is 1. The van der Waals surface area contributed by atoms with Crippen LogP contribution in [0.3, 0.4) is 0 Å². The zero-order valence-electron chi connectivity index (χ0n) is 15.8. The minimum absolute atomic E-state index is 0.206. The van der Waals surface area contributed by atoms with E-state index in [1.807, 2.05) is 30.3 Å². The van der Waals surface area contributed by atoms with E-state index in [-0.39, 0.29) is 23.6 Å². The van der Waals surface area contributed by atoms with Gasteiger partial charge in [0.05, 0.1) is 11.4 Å². The molecule has 0 aliphatic rings. The standard InChI is InChI=1S/C22H17N5O3/c28-20-12-10-18(24-25-20)16-6-8-17(9-7-16)23-21(29)14-27-22(30)13-11-19(26-27)15-4-2-1-3-5-15/h1-13H,14H2,(H,23,29)(H,25,28). The Morgan fingerprint density at radius 1 is 0.833 bits per heavy atom. The maximum atomic E-state index is 12.4. The first-order valence-electron chi connectivity index (χ1n) is 9.18. The first kappa shape index (κ1) is 19.0. The molecule has 2 aromatic heterocycles. The zero-order chi connectivity index (χ0) is 20.9. The highest BCUT2D eigenvalue weighted by Crippen LogP contribution is 2.18. The van der Waals surface area contributed by atoms with Gasteiger partial charge < -0.3 is 5.32 Å². The summed E-state index contributed by atoms with van der Waals surface area (Å²) in [5, 5.41) is 13.4. The van der Waals surface area contributed by atoms with E-state index in [0.717, 1.165) is 15.8 Å². The molecule has 0 saturated heterocycles. The van der Waals surface area contributed by atoms with E-state index in [1.54, 1.807) is 36.4 Å². The summed E-state index contributed by atoms with van der Waals surface area (Å²) in [6, 6.07) is 22.5. The molecule has 1 amide bonds. The summed E-state index contributed by atoms with van der Waals surface area (Å²) in [5.41, 5.74) is 2.81. The lowest BCUT2D eigenvalue weighted by Crippen LogP contribution is -2.29. The van der Waals surface area contributed by atoms with Crippen molar-refractivity contribution in [1.29, 1.82) is 0 Å². The summed E-state index contributed by atoms with van der Waals surface area (Å²) >= 11 is 0. The molecule has 148 valence electrons. The lowest BCUT2D eigenvalue weighted by atomic mass is 10.1. The highest BCUT2D eigenvalue weighted by molar-refractivity contribution is 5.90. The Morgan fingerprint density at radius 2 is 1.53 bits per heavy atom. The van der Waals surface area contributed by atoms with Crippen molar-refractivity contribution >= 4 is 11.6 Å². The van der Waals surface area contributed by atoms with Crippen molar-refractivity contribution in [2.75, 3.05) is 5.32 Å². The molecule has 0 saturated carbocycles. The molecule has 0 spiro atoms. The number of hydrogen-bond acceptors (Lipinski definition) is 5. The number of nitrogens with zero attached hydrogens (tertiary/aromatic N) is 3. The van der Waals surface area contributed by atoms with Crippen molar-refractivity contribution in [2.24, 2.45) is 0 Å². The van der Waals surface area contributed by atoms with Crippen LogP contribution >= 0.6 is 0 Å². The molecule has 0 aliphatic carbocycles. The Hall–Kier alpha value is -4.33. The molecule has 0 fully saturated rings. The minimum Gasteiger partial charge on any atom is -0.324 e. The van der Waals surface area contributed by atoms with Crippen LogP contribution < -0.4 is 16.4 Å². The fourth-order valence-corrected chi connectivity index (χ4v) is 2.89. The Labute approximate surface area is 170 Å². The second-order valence-electron chi connectivity index (χ2n) is 6.51. The average Bonchev–Trinajstić information content (AvgIpc) is 2.77. The number of H-pyrrole nitrogens is 1. The Balaban J connectivity index is 1.46. The minimum atomic E-state index is -0.371. The summed E-state index contributed by atoms with van der Waals surface area (Å²) in [5.74, 6) is -0.371. The molecule has 2 N–H and O–H groups in total. The quantitative estimate of drug-likeness (QED) is 0.535. The van der Waals surface area contributed by atoms with Gasteiger partial charge in [-0.05, 0) is 24.3 Å². The molecule has 4 rings (SSSR count). The van der Waals surface area contributed by atoms with E-state index < -0.39 is 0 Å². The Kier molecular flexibility index (Phi) is 5.29. The van der Waals surface area contributed by atoms with Crippen molar-refractivity contribution in [1.82, 2.24) is 20.0 Å². The van der Waals surface area contributed by atoms with Gasteiger partial charge in [0.1, 0.15) is 6.54 Å². The van der Waals surface area contributed by atoms with Gasteiger partial charge in [0.25, 0.3) is 11.1 Å². The molecule has 0 aliphatic heterocycles. The molecular weight excluding hydrogens is 382 g/mol. The summed E-state index contributed by atoms with van der Waals surface area (Å²) < 4.78 is 1.14. The first-order chi connectivity index (χ1) is 14.6. The molecule has 0 bridgehead atoms. The summed E-state index contributed by atoms with van der Waals surface area (Å²) in [4.78, 5) is 35.6. The topological polar surface area (TPSA) is 110 Å². The second kappa shape index (κ2) is 8.36. The van der Waals surface area contributed by atoms with Gasteiger partial charge in [-0.15, -0.1) is 0 Å². The SMILES string of the molecule is O=C(Cn1nc(-c2ccccc2)ccc1=O)Nc1ccc(-c2ccc(=O)[nH]n2)cc1. The highest BCUT2D eigenvalue weighted by atomic mass is 16.2. The van der Waals surface area contributed by atoms with Crippen LogP contribution in [0.15, 0.2) is 88.5 Å². The van der Waals surface area contributed by atoms with Crippen molar-refractivity contribution in [2.45, 2.75) is 6.54 Å². The summed E-state index contributed by atoms with van der Waals surface area (Å²) in [6.45, 7) is -0.206. The number of carbonyl (C=O) groups is 1. The van der Waals surface area contributed by atoms with Crippen LogP contribution in [0.2, 0.25) is 0 Å². The van der Waals surface area contributed by atoms with Crippen LogP contribution in [0.1, 0.15) is 0 Å². The maximum absolute atomic E-state index is 12.4. The molecular formula is C22H17N5O3. The van der Waals surface area contributed by atoms with E-state index in [2.05, 4.69) is 20.6 Å². The van der Waals surface area contributed by atoms with Crippen molar-refractivity contribution < 1.29 is 4.79 Å². The lowest BCUT2D eigenvalue weighted by Gasteiger charge is -2.09. The van der Waals surface area contributed by atoms with Gasteiger partial charge >= 0.3 is 0 Å². The van der Waals surface area contributed by atoms with E-state index in [0.29, 0.717) is 17.1 Å². The molecule has 2 aromatic carbocycles. The van der Waals surface area contributed by atoms with E-state index in [9.17, 15) is 14.4 Å². The summed E-state index contributed by atoms with van der Waals surface area (Å²) in [6.07, 6.45) is 0. The van der Waals surface area contributed by atoms with Crippen LogP contribution in [-0.2, 0) is 11.3 Å². The number of aromatic nitrogens is 4. The predicted octanol–water partition coefficient (Wildman–Crippen LogP) is 2.30. The molecule has 8 heteroatoms. The van der Waals surface area contributed by atoms with Crippen molar-refractivity contribution in [3.05, 3.63) is 99.6 Å². The fraction of sp³-hybridized carbons (Fsp3) is 0.0455. The van der Waals surface area contributed by atoms with Crippen LogP contribution in [0.5, 0.6) is 0 Å². The number of hydrogen-bond donors (Lipinski definition) is 2. The average molecular weight is 399 g/mol. The van der Waals surface area contributed by atoms with Crippen molar-refractivity contribution in [3.63, 3.8) is 0 Å². The molecule has 8 nitrogen and oxygen atoms in total. The molecule has 2 heterocycles. The number of rotatable bonds is 5. The third kappa shape index (κ3) is 4.39. The first-order valence-corrected chi connectivity index (χ1v) is 9.18. The zero-order valence-corrected chi connectivity index (χ0v) is 15.8. The fourth-order valence-electron chi connectivity index (χ4n) is 2.89. The Morgan fingerprint density at radius 3 is 2.23 bits per heavy atom. The molecule has 30 heavy (non-hydrogen) atoms. The normalized spacial score (nSPS) is 10.5. The van der Waals surface area contributed by atoms with E-state index >= 15 is 0 Å². The number of nitrogens with one attached hydrogen (secondary N) is 2. The summed E-state index contributed by atoms with van der Waals surface area (Å²) in [7, 11) is 0. The Bertz CT molecular complexity index is 1270. The second-order valence-corrected chi connectivity index (χ2v) is 6.51. The van der Waals surface area contributed by atoms with Gasteiger partial charge in [-0.2, -0.15) is 10.2 Å². The number of benzene rings is 2. The third-order valence-electron chi connectivity index (χ3n) is 4.37. The van der Waals surface area contributed by atoms with Gasteiger partial charge in [0, 0.05) is 28.9 Å². The highest BCUT2D eigenvalue weighted by Gasteiger charge is 2.09. The monoisotopic (exact) mass is 399 g/mol. The van der Waals surface area contributed by atoms with Crippen molar-refractivity contribution in [3.8, 4) is 22.5 Å². The largest absolute Gasteiger partial charge is 0.324 e. The van der Waals surface area contributed by atoms with E-state index in [4.69, 9.17) is 0 Å². The van der Waals surface area contributed by atoms with Gasteiger partial charge in [0.2, 0.25) is 5.91 Å². The smallest absolute Gasteiger partial charge is 0.267 e. The van der Waals surface area contributed by atoms with Gasteiger partial charge in [-0.1, -0.05) is 42.5 Å². The lowest BCUT2D eigenvalue weighted by molar-refractivity contribution is -0.117.